The molecule has 0 saturated heterocycles. The lowest BCUT2D eigenvalue weighted by Crippen LogP contribution is -2.32. The molecule has 0 bridgehead atoms. The SMILES string of the molecule is O=C1CCCC2=C1C(c1ccc3c(c1)OCO3)c1c(nc(SCc3ccccc3)[nH]c1=O)N2. The summed E-state index contributed by atoms with van der Waals surface area (Å²) in [4.78, 5) is 34.0. The number of ether oxygens (including phenoxy) is 2. The summed E-state index contributed by atoms with van der Waals surface area (Å²) in [6.07, 6.45) is 2.02. The molecule has 2 N–H and O–H groups in total. The van der Waals surface area contributed by atoms with Gasteiger partial charge in [0, 0.05) is 29.4 Å². The first-order chi connectivity index (χ1) is 16.2. The third-order valence-electron chi connectivity index (χ3n) is 6.18. The Labute approximate surface area is 194 Å². The van der Waals surface area contributed by atoms with Crippen LogP contribution in [0.2, 0.25) is 0 Å². The molecule has 2 aromatic carbocycles. The molecular weight excluding hydrogens is 438 g/mol. The lowest BCUT2D eigenvalue weighted by atomic mass is 9.76. The molecule has 7 nitrogen and oxygen atoms in total. The molecule has 33 heavy (non-hydrogen) atoms. The zero-order chi connectivity index (χ0) is 22.4. The van der Waals surface area contributed by atoms with Gasteiger partial charge in [-0.2, -0.15) is 0 Å². The molecule has 0 fully saturated rings. The lowest BCUT2D eigenvalue weighted by molar-refractivity contribution is -0.116. The maximum absolute atomic E-state index is 13.4. The normalized spacial score (nSPS) is 18.5. The van der Waals surface area contributed by atoms with Gasteiger partial charge in [0.15, 0.2) is 22.4 Å². The van der Waals surface area contributed by atoms with Crippen molar-refractivity contribution in [3.8, 4) is 11.5 Å². The highest BCUT2D eigenvalue weighted by molar-refractivity contribution is 7.98. The molecule has 1 atom stereocenters. The van der Waals surface area contributed by atoms with Gasteiger partial charge in [0.1, 0.15) is 5.82 Å². The number of fused-ring (bicyclic) bond motifs is 2. The van der Waals surface area contributed by atoms with Gasteiger partial charge >= 0.3 is 0 Å². The molecule has 0 amide bonds. The number of ketones is 1. The van der Waals surface area contributed by atoms with Gasteiger partial charge in [-0.05, 0) is 36.1 Å². The number of anilines is 1. The molecular formula is C25H21N3O4S. The van der Waals surface area contributed by atoms with Gasteiger partial charge in [-0.1, -0.05) is 48.2 Å². The van der Waals surface area contributed by atoms with Crippen molar-refractivity contribution in [1.82, 2.24) is 9.97 Å². The first-order valence-electron chi connectivity index (χ1n) is 10.9. The average molecular weight is 460 g/mol. The van der Waals surface area contributed by atoms with Gasteiger partial charge < -0.3 is 19.8 Å². The Morgan fingerprint density at radius 2 is 1.88 bits per heavy atom. The summed E-state index contributed by atoms with van der Waals surface area (Å²) in [5.41, 5.74) is 3.71. The van der Waals surface area contributed by atoms with E-state index >= 15 is 0 Å². The maximum Gasteiger partial charge on any atom is 0.257 e. The van der Waals surface area contributed by atoms with E-state index in [9.17, 15) is 9.59 Å². The number of Topliss-reactive ketones (excluding diaryl/α,β-unsaturated/α-hetero) is 1. The molecule has 0 spiro atoms. The van der Waals surface area contributed by atoms with Crippen molar-refractivity contribution in [2.75, 3.05) is 12.1 Å². The number of H-pyrrole nitrogens is 1. The number of nitrogens with zero attached hydrogens (tertiary/aromatic N) is 1. The fourth-order valence-corrected chi connectivity index (χ4v) is 5.48. The van der Waals surface area contributed by atoms with Crippen molar-refractivity contribution in [2.24, 2.45) is 0 Å². The van der Waals surface area contributed by atoms with Crippen LogP contribution in [0.4, 0.5) is 5.82 Å². The van der Waals surface area contributed by atoms with Crippen molar-refractivity contribution in [1.29, 1.82) is 0 Å². The number of carbonyl (C=O) groups excluding carboxylic acids is 1. The number of rotatable bonds is 4. The molecule has 1 aliphatic carbocycles. The van der Waals surface area contributed by atoms with Crippen molar-refractivity contribution in [2.45, 2.75) is 36.1 Å². The molecule has 0 saturated carbocycles. The Morgan fingerprint density at radius 3 is 2.76 bits per heavy atom. The number of benzene rings is 2. The predicted molar refractivity (Wildman–Crippen MR) is 125 cm³/mol. The van der Waals surface area contributed by atoms with Gasteiger partial charge in [-0.3, -0.25) is 9.59 Å². The topological polar surface area (TPSA) is 93.3 Å². The van der Waals surface area contributed by atoms with E-state index in [-0.39, 0.29) is 18.1 Å². The summed E-state index contributed by atoms with van der Waals surface area (Å²) in [6.45, 7) is 0.165. The highest BCUT2D eigenvalue weighted by Gasteiger charge is 2.38. The number of carbonyl (C=O) groups is 1. The predicted octanol–water partition coefficient (Wildman–Crippen LogP) is 4.36. The van der Waals surface area contributed by atoms with Crippen molar-refractivity contribution >= 4 is 23.4 Å². The van der Waals surface area contributed by atoms with E-state index in [0.29, 0.717) is 45.8 Å². The van der Waals surface area contributed by atoms with E-state index in [4.69, 9.17) is 14.5 Å². The van der Waals surface area contributed by atoms with Crippen LogP contribution in [-0.4, -0.2) is 22.5 Å². The minimum Gasteiger partial charge on any atom is -0.454 e. The van der Waals surface area contributed by atoms with Gasteiger partial charge in [0.05, 0.1) is 5.56 Å². The van der Waals surface area contributed by atoms with E-state index in [1.165, 1.54) is 11.8 Å². The van der Waals surface area contributed by atoms with Crippen LogP contribution in [0.25, 0.3) is 0 Å². The molecule has 1 aromatic heterocycles. The van der Waals surface area contributed by atoms with Crippen LogP contribution in [0.3, 0.4) is 0 Å². The average Bonchev–Trinajstić information content (AvgIpc) is 3.30. The third-order valence-corrected chi connectivity index (χ3v) is 7.13. The Balaban J connectivity index is 1.43. The Kier molecular flexibility index (Phi) is 4.95. The van der Waals surface area contributed by atoms with Gasteiger partial charge in [-0.15, -0.1) is 0 Å². The monoisotopic (exact) mass is 459 g/mol. The van der Waals surface area contributed by atoms with Crippen molar-refractivity contribution < 1.29 is 14.3 Å². The van der Waals surface area contributed by atoms with Gasteiger partial charge in [0.2, 0.25) is 6.79 Å². The van der Waals surface area contributed by atoms with Crippen LogP contribution in [0.15, 0.2) is 69.8 Å². The fourth-order valence-electron chi connectivity index (χ4n) is 4.66. The zero-order valence-corrected chi connectivity index (χ0v) is 18.5. The fraction of sp³-hybridized carbons (Fsp3) is 0.240. The Hall–Kier alpha value is -3.52. The number of allylic oxidation sites excluding steroid dienone is 2. The second-order valence-corrected chi connectivity index (χ2v) is 9.21. The van der Waals surface area contributed by atoms with Crippen LogP contribution < -0.4 is 20.3 Å². The van der Waals surface area contributed by atoms with E-state index in [1.54, 1.807) is 0 Å². The summed E-state index contributed by atoms with van der Waals surface area (Å²) >= 11 is 1.48. The van der Waals surface area contributed by atoms with Crippen molar-refractivity contribution in [3.05, 3.63) is 86.8 Å². The van der Waals surface area contributed by atoms with Crippen LogP contribution in [0.1, 0.15) is 41.9 Å². The van der Waals surface area contributed by atoms with E-state index in [1.807, 2.05) is 48.5 Å². The molecule has 3 aromatic rings. The molecule has 0 radical (unpaired) electrons. The first kappa shape index (κ1) is 20.1. The smallest absolute Gasteiger partial charge is 0.257 e. The first-order valence-corrected chi connectivity index (χ1v) is 11.9. The number of hydrogen-bond donors (Lipinski definition) is 2. The summed E-state index contributed by atoms with van der Waals surface area (Å²) in [7, 11) is 0. The molecule has 166 valence electrons. The highest BCUT2D eigenvalue weighted by atomic mass is 32.2. The standard InChI is InChI=1S/C25H21N3O4S/c29-17-8-4-7-16-21(17)20(15-9-10-18-19(11-15)32-13-31-18)22-23(26-16)27-25(28-24(22)30)33-12-14-5-2-1-3-6-14/h1-3,5-6,9-11,20H,4,7-8,12-13H2,(H2,26,27,28,30). The number of aromatic nitrogens is 2. The second-order valence-electron chi connectivity index (χ2n) is 8.25. The van der Waals surface area contributed by atoms with Crippen LogP contribution in [0, 0.1) is 0 Å². The molecule has 3 heterocycles. The number of hydrogen-bond acceptors (Lipinski definition) is 7. The lowest BCUT2D eigenvalue weighted by Gasteiger charge is -2.32. The van der Waals surface area contributed by atoms with Crippen LogP contribution in [-0.2, 0) is 10.5 Å². The van der Waals surface area contributed by atoms with E-state index in [2.05, 4.69) is 10.3 Å². The van der Waals surface area contributed by atoms with Gasteiger partial charge in [0.25, 0.3) is 5.56 Å². The summed E-state index contributed by atoms with van der Waals surface area (Å²) < 4.78 is 11.0. The Morgan fingerprint density at radius 1 is 1.03 bits per heavy atom. The summed E-state index contributed by atoms with van der Waals surface area (Å²) in [5, 5.41) is 3.87. The van der Waals surface area contributed by atoms with Crippen LogP contribution in [0.5, 0.6) is 11.5 Å². The van der Waals surface area contributed by atoms with Gasteiger partial charge in [-0.25, -0.2) is 4.98 Å². The quantitative estimate of drug-likeness (QED) is 0.442. The molecule has 6 rings (SSSR count). The second kappa shape index (κ2) is 8.12. The maximum atomic E-state index is 13.4. The number of aromatic amines is 1. The number of nitrogens with one attached hydrogen (secondary N) is 2. The Bertz CT molecular complexity index is 1350. The van der Waals surface area contributed by atoms with E-state index in [0.717, 1.165) is 29.7 Å². The van der Waals surface area contributed by atoms with Crippen molar-refractivity contribution in [3.63, 3.8) is 0 Å². The molecule has 2 aliphatic heterocycles. The zero-order valence-electron chi connectivity index (χ0n) is 17.7. The van der Waals surface area contributed by atoms with Crippen LogP contribution >= 0.6 is 11.8 Å². The number of thioether (sulfide) groups is 1. The van der Waals surface area contributed by atoms with E-state index < -0.39 is 5.92 Å². The highest BCUT2D eigenvalue weighted by Crippen LogP contribution is 2.45. The molecule has 8 heteroatoms. The summed E-state index contributed by atoms with van der Waals surface area (Å²) in [5.74, 6) is 2.07. The molecule has 3 aliphatic rings. The third kappa shape index (κ3) is 3.60. The summed E-state index contributed by atoms with van der Waals surface area (Å²) in [6, 6.07) is 15.6. The largest absolute Gasteiger partial charge is 0.454 e. The minimum absolute atomic E-state index is 0.0685. The minimum atomic E-state index is -0.497. The molecule has 1 unspecified atom stereocenters.